The Balaban J connectivity index is 1.50. The highest BCUT2D eigenvalue weighted by atomic mass is 35.5. The molecule has 0 radical (unpaired) electrons. The van der Waals surface area contributed by atoms with E-state index in [9.17, 15) is 17.6 Å². The minimum atomic E-state index is -3.53. The van der Waals surface area contributed by atoms with Crippen molar-refractivity contribution in [2.45, 2.75) is 0 Å². The van der Waals surface area contributed by atoms with Gasteiger partial charge in [-0.15, -0.1) is 0 Å². The highest BCUT2D eigenvalue weighted by Gasteiger charge is 2.27. The van der Waals surface area contributed by atoms with Crippen molar-refractivity contribution < 1.29 is 17.6 Å². The van der Waals surface area contributed by atoms with E-state index in [1.807, 2.05) is 23.1 Å². The van der Waals surface area contributed by atoms with Gasteiger partial charge in [-0.3, -0.25) is 4.79 Å². The number of anilines is 1. The third kappa shape index (κ3) is 4.98. The molecule has 3 rings (SSSR count). The Morgan fingerprint density at radius 1 is 1.18 bits per heavy atom. The van der Waals surface area contributed by atoms with Gasteiger partial charge in [-0.05, 0) is 30.3 Å². The van der Waals surface area contributed by atoms with Crippen LogP contribution in [0.4, 0.5) is 10.2 Å². The van der Waals surface area contributed by atoms with Gasteiger partial charge >= 0.3 is 0 Å². The highest BCUT2D eigenvalue weighted by Crippen LogP contribution is 2.16. The summed E-state index contributed by atoms with van der Waals surface area (Å²) in [5, 5.41) is 2.62. The van der Waals surface area contributed by atoms with Gasteiger partial charge in [0.1, 0.15) is 11.6 Å². The van der Waals surface area contributed by atoms with Crippen molar-refractivity contribution in [3.8, 4) is 0 Å². The first kappa shape index (κ1) is 20.5. The maximum atomic E-state index is 13.7. The van der Waals surface area contributed by atoms with Gasteiger partial charge < -0.3 is 10.2 Å². The number of pyridine rings is 1. The maximum absolute atomic E-state index is 13.7. The molecular formula is C18H20ClFN4O3S. The molecule has 2 aromatic rings. The molecule has 7 nitrogen and oxygen atoms in total. The molecule has 1 aliphatic heterocycles. The van der Waals surface area contributed by atoms with Gasteiger partial charge in [-0.1, -0.05) is 17.7 Å². The lowest BCUT2D eigenvalue weighted by Crippen LogP contribution is -2.50. The number of amides is 1. The van der Waals surface area contributed by atoms with Crippen LogP contribution in [0.25, 0.3) is 0 Å². The van der Waals surface area contributed by atoms with Gasteiger partial charge in [0.15, 0.2) is 0 Å². The van der Waals surface area contributed by atoms with E-state index >= 15 is 0 Å². The Morgan fingerprint density at radius 2 is 1.93 bits per heavy atom. The molecule has 1 N–H and O–H groups in total. The van der Waals surface area contributed by atoms with Crippen LogP contribution < -0.4 is 10.2 Å². The van der Waals surface area contributed by atoms with E-state index in [0.29, 0.717) is 26.2 Å². The lowest BCUT2D eigenvalue weighted by atomic mass is 10.2. The second kappa shape index (κ2) is 8.85. The molecule has 10 heteroatoms. The Labute approximate surface area is 168 Å². The van der Waals surface area contributed by atoms with Crippen molar-refractivity contribution in [2.24, 2.45) is 0 Å². The SMILES string of the molecule is O=C(NCCS(=O)(=O)N1CCN(c2ccccn2)CC1)c1ccc(Cl)cc1F. The number of nitrogens with zero attached hydrogens (tertiary/aromatic N) is 3. The number of carbonyl (C=O) groups excluding carboxylic acids is 1. The summed E-state index contributed by atoms with van der Waals surface area (Å²) in [6, 6.07) is 9.30. The van der Waals surface area contributed by atoms with Crippen LogP contribution >= 0.6 is 11.6 Å². The van der Waals surface area contributed by atoms with E-state index in [1.165, 1.54) is 16.4 Å². The van der Waals surface area contributed by atoms with E-state index in [1.54, 1.807) is 6.20 Å². The van der Waals surface area contributed by atoms with Crippen LogP contribution in [0.1, 0.15) is 10.4 Å². The molecule has 28 heavy (non-hydrogen) atoms. The largest absolute Gasteiger partial charge is 0.354 e. The number of hydrogen-bond donors (Lipinski definition) is 1. The number of piperazine rings is 1. The van der Waals surface area contributed by atoms with Crippen molar-refractivity contribution in [1.82, 2.24) is 14.6 Å². The third-order valence-corrected chi connectivity index (χ3v) is 6.53. The minimum absolute atomic E-state index is 0.107. The van der Waals surface area contributed by atoms with Crippen LogP contribution in [0.2, 0.25) is 5.02 Å². The van der Waals surface area contributed by atoms with Gasteiger partial charge in [0.05, 0.1) is 11.3 Å². The first-order valence-electron chi connectivity index (χ1n) is 8.74. The predicted octanol–water partition coefficient (Wildman–Crippen LogP) is 1.76. The zero-order valence-electron chi connectivity index (χ0n) is 15.0. The summed E-state index contributed by atoms with van der Waals surface area (Å²) in [6.45, 7) is 1.66. The fourth-order valence-electron chi connectivity index (χ4n) is 2.93. The number of halogens is 2. The smallest absolute Gasteiger partial charge is 0.254 e. The average Bonchev–Trinajstić information content (AvgIpc) is 2.68. The van der Waals surface area contributed by atoms with Gasteiger partial charge in [-0.25, -0.2) is 17.8 Å². The number of carbonyl (C=O) groups is 1. The van der Waals surface area contributed by atoms with E-state index in [2.05, 4.69) is 10.3 Å². The molecular weight excluding hydrogens is 407 g/mol. The predicted molar refractivity (Wildman–Crippen MR) is 106 cm³/mol. The molecule has 0 spiro atoms. The molecule has 0 aliphatic carbocycles. The number of benzene rings is 1. The Hall–Kier alpha value is -2.23. The van der Waals surface area contributed by atoms with E-state index in [0.717, 1.165) is 11.9 Å². The monoisotopic (exact) mass is 426 g/mol. The average molecular weight is 427 g/mol. The Kier molecular flexibility index (Phi) is 6.48. The van der Waals surface area contributed by atoms with Gasteiger partial charge in [0.2, 0.25) is 10.0 Å². The zero-order chi connectivity index (χ0) is 20.1. The molecule has 1 fully saturated rings. The normalized spacial score (nSPS) is 15.4. The molecule has 1 aromatic heterocycles. The highest BCUT2D eigenvalue weighted by molar-refractivity contribution is 7.89. The summed E-state index contributed by atoms with van der Waals surface area (Å²) in [4.78, 5) is 18.3. The second-order valence-corrected chi connectivity index (χ2v) is 8.80. The molecule has 1 amide bonds. The van der Waals surface area contributed by atoms with E-state index in [-0.39, 0.29) is 22.9 Å². The van der Waals surface area contributed by atoms with Crippen molar-refractivity contribution in [1.29, 1.82) is 0 Å². The van der Waals surface area contributed by atoms with Gasteiger partial charge in [0, 0.05) is 43.9 Å². The zero-order valence-corrected chi connectivity index (χ0v) is 16.6. The molecule has 2 heterocycles. The van der Waals surface area contributed by atoms with Crippen LogP contribution in [0.5, 0.6) is 0 Å². The topological polar surface area (TPSA) is 82.6 Å². The summed E-state index contributed by atoms with van der Waals surface area (Å²) in [6.07, 6.45) is 1.70. The Morgan fingerprint density at radius 3 is 2.57 bits per heavy atom. The minimum Gasteiger partial charge on any atom is -0.354 e. The standard InChI is InChI=1S/C18H20ClFN4O3S/c19-14-4-5-15(16(20)13-14)18(25)22-7-12-28(26,27)24-10-8-23(9-11-24)17-3-1-2-6-21-17/h1-6,13H,7-12H2,(H,22,25). The molecule has 0 unspecified atom stereocenters. The lowest BCUT2D eigenvalue weighted by molar-refractivity contribution is 0.0952. The first-order chi connectivity index (χ1) is 13.4. The fraction of sp³-hybridized carbons (Fsp3) is 0.333. The first-order valence-corrected chi connectivity index (χ1v) is 10.7. The van der Waals surface area contributed by atoms with Crippen molar-refractivity contribution in [3.63, 3.8) is 0 Å². The molecule has 1 saturated heterocycles. The van der Waals surface area contributed by atoms with Crippen LogP contribution in [-0.2, 0) is 10.0 Å². The number of sulfonamides is 1. The third-order valence-electron chi connectivity index (χ3n) is 4.43. The summed E-state index contributed by atoms with van der Waals surface area (Å²) in [5.74, 6) is -0.864. The molecule has 0 bridgehead atoms. The summed E-state index contributed by atoms with van der Waals surface area (Å²) in [5.41, 5.74) is -0.175. The van der Waals surface area contributed by atoms with E-state index in [4.69, 9.17) is 11.6 Å². The lowest BCUT2D eigenvalue weighted by Gasteiger charge is -2.34. The molecule has 0 saturated carbocycles. The maximum Gasteiger partial charge on any atom is 0.254 e. The van der Waals surface area contributed by atoms with Crippen molar-refractivity contribution in [3.05, 3.63) is 59.0 Å². The van der Waals surface area contributed by atoms with Crippen molar-refractivity contribution >= 4 is 33.3 Å². The van der Waals surface area contributed by atoms with Gasteiger partial charge in [-0.2, -0.15) is 4.31 Å². The summed E-state index contributed by atoms with van der Waals surface area (Å²) < 4.78 is 40.2. The molecule has 150 valence electrons. The molecule has 0 atom stereocenters. The molecule has 1 aromatic carbocycles. The number of aromatic nitrogens is 1. The number of rotatable bonds is 6. The van der Waals surface area contributed by atoms with Crippen molar-refractivity contribution in [2.75, 3.05) is 43.4 Å². The number of nitrogens with one attached hydrogen (secondary N) is 1. The Bertz CT molecular complexity index is 935. The summed E-state index contributed by atoms with van der Waals surface area (Å²) in [7, 11) is -3.53. The summed E-state index contributed by atoms with van der Waals surface area (Å²) >= 11 is 5.66. The fourth-order valence-corrected chi connectivity index (χ4v) is 4.42. The second-order valence-electron chi connectivity index (χ2n) is 6.27. The van der Waals surface area contributed by atoms with Crippen LogP contribution in [0.3, 0.4) is 0 Å². The van der Waals surface area contributed by atoms with Crippen LogP contribution in [0, 0.1) is 5.82 Å². The number of hydrogen-bond acceptors (Lipinski definition) is 5. The van der Waals surface area contributed by atoms with E-state index < -0.39 is 21.7 Å². The van der Waals surface area contributed by atoms with Crippen LogP contribution in [0.15, 0.2) is 42.6 Å². The van der Waals surface area contributed by atoms with Gasteiger partial charge in [0.25, 0.3) is 5.91 Å². The molecule has 1 aliphatic rings. The quantitative estimate of drug-likeness (QED) is 0.761. The van der Waals surface area contributed by atoms with Crippen LogP contribution in [-0.4, -0.2) is 62.1 Å².